The van der Waals surface area contributed by atoms with E-state index >= 15 is 0 Å². The van der Waals surface area contributed by atoms with Gasteiger partial charge in [0, 0.05) is 36.0 Å². The van der Waals surface area contributed by atoms with Crippen LogP contribution in [0.15, 0.2) is 23.8 Å². The molecule has 108 valence electrons. The normalized spacial score (nSPS) is 21.0. The Labute approximate surface area is 121 Å². The molecular weight excluding hydrogens is 268 g/mol. The Hall–Kier alpha value is -2.44. The van der Waals surface area contributed by atoms with Gasteiger partial charge in [-0.05, 0) is 19.8 Å². The molecule has 0 saturated heterocycles. The first-order chi connectivity index (χ1) is 10.2. The molecule has 7 heteroatoms. The summed E-state index contributed by atoms with van der Waals surface area (Å²) in [5.74, 6) is 0.884. The smallest absolute Gasteiger partial charge is 0.226 e. The molecule has 0 radical (unpaired) electrons. The Morgan fingerprint density at radius 1 is 1.33 bits per heavy atom. The van der Waals surface area contributed by atoms with Crippen molar-refractivity contribution in [2.75, 3.05) is 5.32 Å². The van der Waals surface area contributed by atoms with Gasteiger partial charge < -0.3 is 5.32 Å². The van der Waals surface area contributed by atoms with E-state index in [1.54, 1.807) is 4.68 Å². The Morgan fingerprint density at radius 3 is 2.95 bits per heavy atom. The first kappa shape index (κ1) is 12.3. The second-order valence-electron chi connectivity index (χ2n) is 5.53. The topological polar surface area (TPSA) is 77.6 Å². The average molecular weight is 284 g/mol. The molecule has 1 aliphatic heterocycles. The summed E-state index contributed by atoms with van der Waals surface area (Å²) < 4.78 is 3.60. The lowest BCUT2D eigenvalue weighted by Gasteiger charge is -2.31. The number of ketones is 1. The molecule has 2 aromatic heterocycles. The highest BCUT2D eigenvalue weighted by atomic mass is 16.1. The van der Waals surface area contributed by atoms with Gasteiger partial charge in [-0.1, -0.05) is 0 Å². The number of carbonyl (C=O) groups is 1. The standard InChI is InChI=1S/C14H16N6O/c1-8-9(6-16-19(8)2)13-12-10(4-3-5-11(12)21)18-14-15-7-17-20(13)14/h6-7,13H,3-5H2,1-2H3,(H,15,17,18)/t13-/m0/s1. The summed E-state index contributed by atoms with van der Waals surface area (Å²) in [7, 11) is 1.90. The fraction of sp³-hybridized carbons (Fsp3) is 0.429. The lowest BCUT2D eigenvalue weighted by atomic mass is 9.86. The van der Waals surface area contributed by atoms with Gasteiger partial charge in [0.15, 0.2) is 5.78 Å². The first-order valence-electron chi connectivity index (χ1n) is 7.08. The minimum atomic E-state index is -0.222. The predicted molar refractivity (Wildman–Crippen MR) is 75.6 cm³/mol. The molecule has 0 saturated carbocycles. The van der Waals surface area contributed by atoms with Crippen LogP contribution in [-0.2, 0) is 11.8 Å². The SMILES string of the molecule is Cc1c([C@H]2C3=C(CCCC3=O)Nc3ncnn32)cnn1C. The zero-order valence-electron chi connectivity index (χ0n) is 12.0. The number of aromatic nitrogens is 5. The molecule has 0 aromatic carbocycles. The Bertz CT molecular complexity index is 768. The molecule has 2 aromatic rings. The van der Waals surface area contributed by atoms with Gasteiger partial charge in [-0.2, -0.15) is 15.2 Å². The van der Waals surface area contributed by atoms with E-state index in [9.17, 15) is 4.79 Å². The van der Waals surface area contributed by atoms with Crippen molar-refractivity contribution < 1.29 is 4.79 Å². The minimum absolute atomic E-state index is 0.193. The van der Waals surface area contributed by atoms with E-state index in [1.807, 2.05) is 24.9 Å². The molecule has 0 fully saturated rings. The Morgan fingerprint density at radius 2 is 2.19 bits per heavy atom. The molecule has 21 heavy (non-hydrogen) atoms. The van der Waals surface area contributed by atoms with Crippen molar-refractivity contribution in [2.45, 2.75) is 32.2 Å². The first-order valence-corrected chi connectivity index (χ1v) is 7.08. The molecule has 0 unspecified atom stereocenters. The zero-order chi connectivity index (χ0) is 14.6. The quantitative estimate of drug-likeness (QED) is 0.855. The fourth-order valence-electron chi connectivity index (χ4n) is 3.17. The summed E-state index contributed by atoms with van der Waals surface area (Å²) in [6.45, 7) is 2.01. The number of rotatable bonds is 1. The number of hydrogen-bond acceptors (Lipinski definition) is 5. The second-order valence-corrected chi connectivity index (χ2v) is 5.53. The third kappa shape index (κ3) is 1.66. The van der Waals surface area contributed by atoms with Crippen LogP contribution >= 0.6 is 0 Å². The van der Waals surface area contributed by atoms with Crippen molar-refractivity contribution in [3.05, 3.63) is 35.1 Å². The number of hydrogen-bond donors (Lipinski definition) is 1. The maximum Gasteiger partial charge on any atom is 0.226 e. The molecule has 0 bridgehead atoms. The van der Waals surface area contributed by atoms with E-state index in [2.05, 4.69) is 20.5 Å². The summed E-state index contributed by atoms with van der Waals surface area (Å²) >= 11 is 0. The van der Waals surface area contributed by atoms with E-state index in [4.69, 9.17) is 0 Å². The maximum absolute atomic E-state index is 12.5. The van der Waals surface area contributed by atoms with Crippen LogP contribution in [0.4, 0.5) is 5.95 Å². The van der Waals surface area contributed by atoms with Crippen molar-refractivity contribution in [1.82, 2.24) is 24.5 Å². The van der Waals surface area contributed by atoms with Crippen molar-refractivity contribution in [2.24, 2.45) is 7.05 Å². The highest BCUT2D eigenvalue weighted by Crippen LogP contribution is 2.40. The van der Waals surface area contributed by atoms with E-state index < -0.39 is 0 Å². The zero-order valence-corrected chi connectivity index (χ0v) is 12.0. The molecule has 4 rings (SSSR count). The maximum atomic E-state index is 12.5. The van der Waals surface area contributed by atoms with Gasteiger partial charge in [0.05, 0.1) is 6.20 Å². The minimum Gasteiger partial charge on any atom is -0.328 e. The van der Waals surface area contributed by atoms with Crippen LogP contribution in [0.5, 0.6) is 0 Å². The lowest BCUT2D eigenvalue weighted by Crippen LogP contribution is -2.31. The van der Waals surface area contributed by atoms with E-state index in [0.29, 0.717) is 12.4 Å². The number of allylic oxidation sites excluding steroid dienone is 2. The fourth-order valence-corrected chi connectivity index (χ4v) is 3.17. The van der Waals surface area contributed by atoms with Gasteiger partial charge >= 0.3 is 0 Å². The molecule has 3 heterocycles. The monoisotopic (exact) mass is 284 g/mol. The number of Topliss-reactive ketones (excluding diaryl/α,β-unsaturated/α-hetero) is 1. The number of nitrogens with zero attached hydrogens (tertiary/aromatic N) is 5. The second kappa shape index (κ2) is 4.28. The van der Waals surface area contributed by atoms with Crippen molar-refractivity contribution in [3.8, 4) is 0 Å². The van der Waals surface area contributed by atoms with Crippen LogP contribution < -0.4 is 5.32 Å². The van der Waals surface area contributed by atoms with Crippen molar-refractivity contribution in [3.63, 3.8) is 0 Å². The average Bonchev–Trinajstić information content (AvgIpc) is 3.05. The van der Waals surface area contributed by atoms with Crippen LogP contribution in [0.2, 0.25) is 0 Å². The number of fused-ring (bicyclic) bond motifs is 1. The Balaban J connectivity index is 1.95. The van der Waals surface area contributed by atoms with Gasteiger partial charge in [-0.15, -0.1) is 0 Å². The predicted octanol–water partition coefficient (Wildman–Crippen LogP) is 1.34. The molecule has 1 aliphatic carbocycles. The summed E-state index contributed by atoms with van der Waals surface area (Å²) in [6, 6.07) is -0.222. The molecule has 0 spiro atoms. The van der Waals surface area contributed by atoms with Crippen LogP contribution in [0.1, 0.15) is 36.6 Å². The molecular formula is C14H16N6O. The van der Waals surface area contributed by atoms with Gasteiger partial charge in [0.2, 0.25) is 5.95 Å². The highest BCUT2D eigenvalue weighted by Gasteiger charge is 2.37. The van der Waals surface area contributed by atoms with Crippen LogP contribution in [0.25, 0.3) is 0 Å². The van der Waals surface area contributed by atoms with Crippen molar-refractivity contribution in [1.29, 1.82) is 0 Å². The third-order valence-corrected chi connectivity index (χ3v) is 4.38. The molecule has 7 nitrogen and oxygen atoms in total. The van der Waals surface area contributed by atoms with E-state index in [-0.39, 0.29) is 11.8 Å². The number of carbonyl (C=O) groups excluding carboxylic acids is 1. The van der Waals surface area contributed by atoms with Crippen LogP contribution in [-0.4, -0.2) is 30.3 Å². The van der Waals surface area contributed by atoms with Gasteiger partial charge in [-0.25, -0.2) is 4.68 Å². The summed E-state index contributed by atoms with van der Waals surface area (Å²) in [5, 5.41) is 11.9. The van der Waals surface area contributed by atoms with E-state index in [1.165, 1.54) is 6.33 Å². The molecule has 1 atom stereocenters. The van der Waals surface area contributed by atoms with Crippen molar-refractivity contribution >= 4 is 11.7 Å². The molecule has 0 amide bonds. The van der Waals surface area contributed by atoms with Crippen LogP contribution in [0.3, 0.4) is 0 Å². The number of aryl methyl sites for hydroxylation is 1. The number of nitrogens with one attached hydrogen (secondary N) is 1. The molecule has 1 N–H and O–H groups in total. The van der Waals surface area contributed by atoms with Gasteiger partial charge in [0.1, 0.15) is 12.4 Å². The third-order valence-electron chi connectivity index (χ3n) is 4.38. The highest BCUT2D eigenvalue weighted by molar-refractivity contribution is 5.99. The molecule has 2 aliphatic rings. The number of anilines is 1. The van der Waals surface area contributed by atoms with E-state index in [0.717, 1.165) is 35.4 Å². The van der Waals surface area contributed by atoms with Gasteiger partial charge in [-0.3, -0.25) is 9.48 Å². The largest absolute Gasteiger partial charge is 0.328 e. The summed E-state index contributed by atoms with van der Waals surface area (Å²) in [5.41, 5.74) is 3.84. The Kier molecular flexibility index (Phi) is 2.51. The van der Waals surface area contributed by atoms with Gasteiger partial charge in [0.25, 0.3) is 0 Å². The summed E-state index contributed by atoms with van der Waals surface area (Å²) in [6.07, 6.45) is 5.70. The summed E-state index contributed by atoms with van der Waals surface area (Å²) in [4.78, 5) is 16.7. The lowest BCUT2D eigenvalue weighted by molar-refractivity contribution is -0.116. The van der Waals surface area contributed by atoms with Crippen LogP contribution in [0, 0.1) is 6.92 Å².